The Balaban J connectivity index is 1.89. The Morgan fingerprint density at radius 3 is 2.45 bits per heavy atom. The van der Waals surface area contributed by atoms with Gasteiger partial charge in [0, 0.05) is 30.9 Å². The Labute approximate surface area is 120 Å². The zero-order chi connectivity index (χ0) is 14.6. The molecule has 3 heteroatoms. The van der Waals surface area contributed by atoms with Crippen molar-refractivity contribution in [3.05, 3.63) is 54.1 Å². The lowest BCUT2D eigenvalue weighted by atomic mass is 9.86. The summed E-state index contributed by atoms with van der Waals surface area (Å²) in [4.78, 5) is 16.1. The monoisotopic (exact) mass is 270 g/mol. The molecule has 0 N–H and O–H groups in total. The maximum absolute atomic E-state index is 12.1. The fourth-order valence-electron chi connectivity index (χ4n) is 2.14. The summed E-state index contributed by atoms with van der Waals surface area (Å²) in [7, 11) is 0. The van der Waals surface area contributed by atoms with Crippen LogP contribution in [0.2, 0.25) is 0 Å². The van der Waals surface area contributed by atoms with Crippen molar-refractivity contribution in [3.63, 3.8) is 0 Å². The lowest BCUT2D eigenvalue weighted by Gasteiger charge is -2.19. The third-order valence-corrected chi connectivity index (χ3v) is 3.45. The second kappa shape index (κ2) is 6.04. The van der Waals surface area contributed by atoms with Gasteiger partial charge in [-0.3, -0.25) is 4.79 Å². The van der Waals surface area contributed by atoms with Gasteiger partial charge >= 0.3 is 0 Å². The van der Waals surface area contributed by atoms with Crippen LogP contribution < -0.4 is 0 Å². The van der Waals surface area contributed by atoms with Gasteiger partial charge in [-0.15, -0.1) is 0 Å². The molecule has 2 aromatic rings. The number of ketones is 1. The zero-order valence-corrected chi connectivity index (χ0v) is 12.5. The van der Waals surface area contributed by atoms with Crippen molar-refractivity contribution < 1.29 is 4.79 Å². The van der Waals surface area contributed by atoms with Gasteiger partial charge in [0.1, 0.15) is 0 Å². The van der Waals surface area contributed by atoms with Crippen LogP contribution in [-0.2, 0) is 12.0 Å². The van der Waals surface area contributed by atoms with Crippen LogP contribution in [0.25, 0.3) is 0 Å². The summed E-state index contributed by atoms with van der Waals surface area (Å²) in [6.45, 7) is 7.37. The molecule has 0 fully saturated rings. The molecule has 0 aliphatic heterocycles. The van der Waals surface area contributed by atoms with Gasteiger partial charge < -0.3 is 4.57 Å². The van der Waals surface area contributed by atoms with E-state index < -0.39 is 0 Å². The largest absolute Gasteiger partial charge is 0.337 e. The van der Waals surface area contributed by atoms with Crippen LogP contribution in [0.15, 0.2) is 43.0 Å². The molecule has 3 nitrogen and oxygen atoms in total. The van der Waals surface area contributed by atoms with E-state index in [1.165, 1.54) is 5.56 Å². The molecule has 0 aliphatic rings. The number of imidazole rings is 1. The van der Waals surface area contributed by atoms with Crippen LogP contribution in [-0.4, -0.2) is 15.3 Å². The van der Waals surface area contributed by atoms with Crippen LogP contribution in [0.3, 0.4) is 0 Å². The van der Waals surface area contributed by atoms with Crippen molar-refractivity contribution in [3.8, 4) is 0 Å². The molecular weight excluding hydrogens is 248 g/mol. The summed E-state index contributed by atoms with van der Waals surface area (Å²) < 4.78 is 2.00. The van der Waals surface area contributed by atoms with E-state index in [1.807, 2.05) is 22.9 Å². The molecule has 0 saturated heterocycles. The van der Waals surface area contributed by atoms with Crippen LogP contribution in [0, 0.1) is 0 Å². The summed E-state index contributed by atoms with van der Waals surface area (Å²) in [5.74, 6) is 0.213. The quantitative estimate of drug-likeness (QED) is 0.774. The van der Waals surface area contributed by atoms with Gasteiger partial charge in [0.15, 0.2) is 5.78 Å². The van der Waals surface area contributed by atoms with E-state index in [4.69, 9.17) is 0 Å². The first-order valence-corrected chi connectivity index (χ1v) is 7.06. The fraction of sp³-hybridized carbons (Fsp3) is 0.412. The van der Waals surface area contributed by atoms with E-state index in [2.05, 4.69) is 37.9 Å². The number of carbonyl (C=O) groups excluding carboxylic acids is 1. The summed E-state index contributed by atoms with van der Waals surface area (Å²) >= 11 is 0. The first kappa shape index (κ1) is 14.5. The van der Waals surface area contributed by atoms with E-state index in [9.17, 15) is 4.79 Å². The Bertz CT molecular complexity index is 548. The van der Waals surface area contributed by atoms with Crippen molar-refractivity contribution in [1.82, 2.24) is 9.55 Å². The normalized spacial score (nSPS) is 11.6. The van der Waals surface area contributed by atoms with Crippen molar-refractivity contribution in [1.29, 1.82) is 0 Å². The Hall–Kier alpha value is -1.90. The summed E-state index contributed by atoms with van der Waals surface area (Å²) in [5, 5.41) is 0. The summed E-state index contributed by atoms with van der Waals surface area (Å²) in [5.41, 5.74) is 2.19. The molecule has 0 amide bonds. The highest BCUT2D eigenvalue weighted by Crippen LogP contribution is 2.22. The van der Waals surface area contributed by atoms with Gasteiger partial charge in [0.05, 0.1) is 6.33 Å². The predicted molar refractivity (Wildman–Crippen MR) is 80.9 cm³/mol. The van der Waals surface area contributed by atoms with Gasteiger partial charge in [0.25, 0.3) is 0 Å². The van der Waals surface area contributed by atoms with Crippen molar-refractivity contribution in [2.24, 2.45) is 0 Å². The molecular formula is C17H22N2O. The lowest BCUT2D eigenvalue weighted by molar-refractivity contribution is 0.0978. The van der Waals surface area contributed by atoms with Gasteiger partial charge in [0.2, 0.25) is 0 Å². The third kappa shape index (κ3) is 3.80. The van der Waals surface area contributed by atoms with E-state index in [-0.39, 0.29) is 11.2 Å². The standard InChI is InChI=1S/C17H22N2O/c1-17(2,3)15-8-6-14(7-9-15)16(20)5-4-11-19-12-10-18-13-19/h6-10,12-13H,4-5,11H2,1-3H3. The molecule has 0 aliphatic carbocycles. The number of aryl methyl sites for hydroxylation is 1. The average molecular weight is 270 g/mol. The van der Waals surface area contributed by atoms with Gasteiger partial charge in [-0.05, 0) is 17.4 Å². The fourth-order valence-corrected chi connectivity index (χ4v) is 2.14. The molecule has 0 atom stereocenters. The highest BCUT2D eigenvalue weighted by Gasteiger charge is 2.14. The number of hydrogen-bond donors (Lipinski definition) is 0. The van der Waals surface area contributed by atoms with E-state index in [0.717, 1.165) is 18.5 Å². The number of benzene rings is 1. The first-order valence-electron chi connectivity index (χ1n) is 7.06. The number of carbonyl (C=O) groups is 1. The van der Waals surface area contributed by atoms with Gasteiger partial charge in [-0.25, -0.2) is 4.98 Å². The molecule has 0 unspecified atom stereocenters. The molecule has 20 heavy (non-hydrogen) atoms. The molecule has 2 rings (SSSR count). The lowest BCUT2D eigenvalue weighted by Crippen LogP contribution is -2.11. The Morgan fingerprint density at radius 2 is 1.90 bits per heavy atom. The highest BCUT2D eigenvalue weighted by atomic mass is 16.1. The minimum atomic E-state index is 0.128. The minimum Gasteiger partial charge on any atom is -0.337 e. The minimum absolute atomic E-state index is 0.128. The molecule has 0 spiro atoms. The topological polar surface area (TPSA) is 34.9 Å². The average Bonchev–Trinajstić information content (AvgIpc) is 2.91. The van der Waals surface area contributed by atoms with Crippen molar-refractivity contribution in [2.45, 2.75) is 45.6 Å². The number of Topliss-reactive ketones (excluding diaryl/α,β-unsaturated/α-hetero) is 1. The van der Waals surface area contributed by atoms with Crippen molar-refractivity contribution in [2.75, 3.05) is 0 Å². The third-order valence-electron chi connectivity index (χ3n) is 3.45. The Morgan fingerprint density at radius 1 is 1.20 bits per heavy atom. The van der Waals surface area contributed by atoms with Crippen LogP contribution in [0.1, 0.15) is 49.5 Å². The number of aromatic nitrogens is 2. The number of nitrogens with zero attached hydrogens (tertiary/aromatic N) is 2. The molecule has 0 saturated carbocycles. The van der Waals surface area contributed by atoms with E-state index >= 15 is 0 Å². The number of hydrogen-bond acceptors (Lipinski definition) is 2. The maximum Gasteiger partial charge on any atom is 0.162 e. The SMILES string of the molecule is CC(C)(C)c1ccc(C(=O)CCCn2ccnc2)cc1. The molecule has 1 aromatic heterocycles. The number of rotatable bonds is 5. The molecule has 0 radical (unpaired) electrons. The molecule has 106 valence electrons. The highest BCUT2D eigenvalue weighted by molar-refractivity contribution is 5.96. The van der Waals surface area contributed by atoms with Crippen LogP contribution in [0.4, 0.5) is 0 Å². The maximum atomic E-state index is 12.1. The second-order valence-corrected chi connectivity index (χ2v) is 6.15. The predicted octanol–water partition coefficient (Wildman–Crippen LogP) is 3.84. The molecule has 1 heterocycles. The van der Waals surface area contributed by atoms with E-state index in [1.54, 1.807) is 12.5 Å². The first-order chi connectivity index (χ1) is 9.47. The second-order valence-electron chi connectivity index (χ2n) is 6.15. The molecule has 0 bridgehead atoms. The smallest absolute Gasteiger partial charge is 0.162 e. The summed E-state index contributed by atoms with van der Waals surface area (Å²) in [6.07, 6.45) is 6.88. The molecule has 1 aromatic carbocycles. The van der Waals surface area contributed by atoms with Gasteiger partial charge in [-0.2, -0.15) is 0 Å². The summed E-state index contributed by atoms with van der Waals surface area (Å²) in [6, 6.07) is 8.01. The Kier molecular flexibility index (Phi) is 4.38. The van der Waals surface area contributed by atoms with Crippen molar-refractivity contribution >= 4 is 5.78 Å². The zero-order valence-electron chi connectivity index (χ0n) is 12.5. The van der Waals surface area contributed by atoms with Gasteiger partial charge in [-0.1, -0.05) is 45.0 Å². The van der Waals surface area contributed by atoms with Crippen LogP contribution >= 0.6 is 0 Å². The van der Waals surface area contributed by atoms with E-state index in [0.29, 0.717) is 6.42 Å². The van der Waals surface area contributed by atoms with Crippen LogP contribution in [0.5, 0.6) is 0 Å².